The molecule has 0 heterocycles. The molecule has 2 saturated carbocycles. The predicted octanol–water partition coefficient (Wildman–Crippen LogP) is 6.79. The van der Waals surface area contributed by atoms with Crippen molar-refractivity contribution in [3.05, 3.63) is 0 Å². The molecular formula is C10H8Cl10. The first-order valence-corrected chi connectivity index (χ1v) is 9.69. The van der Waals surface area contributed by atoms with Crippen molar-refractivity contribution >= 4 is 116 Å². The maximum absolute atomic E-state index is 6.47. The highest BCUT2D eigenvalue weighted by Crippen LogP contribution is 2.83. The van der Waals surface area contributed by atoms with E-state index < -0.39 is 40.5 Å². The third-order valence-corrected chi connectivity index (χ3v) is 9.33. The van der Waals surface area contributed by atoms with Crippen LogP contribution >= 0.6 is 116 Å². The lowest BCUT2D eigenvalue weighted by Crippen LogP contribution is -2.59. The second-order valence-electron chi connectivity index (χ2n) is 5.14. The standard InChI is InChI=1S/C10H8Cl10/c11-2-7(5(13)14)3-1-8(17,18)9(7,6(15)16)4(12)10(3,19)20/h3-6H,1-2H2/t3-,4-,7+,9+/m0/s1. The molecule has 0 aliphatic heterocycles. The van der Waals surface area contributed by atoms with Crippen molar-refractivity contribution in [3.63, 3.8) is 0 Å². The molecule has 118 valence electrons. The van der Waals surface area contributed by atoms with Crippen molar-refractivity contribution in [3.8, 4) is 0 Å². The molecule has 0 amide bonds. The van der Waals surface area contributed by atoms with E-state index in [1.807, 2.05) is 0 Å². The monoisotopic (exact) mass is 478 g/mol. The summed E-state index contributed by atoms with van der Waals surface area (Å²) in [6.07, 6.45) is 0.185. The van der Waals surface area contributed by atoms with Gasteiger partial charge in [-0.2, -0.15) is 0 Å². The van der Waals surface area contributed by atoms with Crippen LogP contribution in [0.5, 0.6) is 0 Å². The summed E-state index contributed by atoms with van der Waals surface area (Å²) in [7, 11) is 0. The quantitative estimate of drug-likeness (QED) is 0.388. The van der Waals surface area contributed by atoms with Crippen molar-refractivity contribution in [1.82, 2.24) is 0 Å². The van der Waals surface area contributed by atoms with Gasteiger partial charge in [0.15, 0.2) is 0 Å². The maximum Gasteiger partial charge on any atom is 0.138 e. The summed E-state index contributed by atoms with van der Waals surface area (Å²) in [5.74, 6) is -0.579. The summed E-state index contributed by atoms with van der Waals surface area (Å²) >= 11 is 63.2. The molecule has 0 unspecified atom stereocenters. The molecule has 0 spiro atoms. The third kappa shape index (κ3) is 1.97. The van der Waals surface area contributed by atoms with Crippen LogP contribution in [0.4, 0.5) is 0 Å². The van der Waals surface area contributed by atoms with E-state index in [1.54, 1.807) is 0 Å². The van der Waals surface area contributed by atoms with E-state index in [0.29, 0.717) is 0 Å². The fourth-order valence-corrected chi connectivity index (χ4v) is 9.37. The molecular weight excluding hydrogens is 475 g/mol. The minimum atomic E-state index is -1.40. The lowest BCUT2D eigenvalue weighted by atomic mass is 9.69. The molecule has 20 heavy (non-hydrogen) atoms. The maximum atomic E-state index is 6.47. The summed E-state index contributed by atoms with van der Waals surface area (Å²) < 4.78 is -2.80. The van der Waals surface area contributed by atoms with Gasteiger partial charge in [-0.3, -0.25) is 0 Å². The Morgan fingerprint density at radius 3 is 1.75 bits per heavy atom. The fourth-order valence-electron chi connectivity index (χ4n) is 3.69. The van der Waals surface area contributed by atoms with Crippen molar-refractivity contribution in [2.75, 3.05) is 5.88 Å². The zero-order chi connectivity index (χ0) is 15.7. The summed E-state index contributed by atoms with van der Waals surface area (Å²) in [5.41, 5.74) is -2.46. The smallest absolute Gasteiger partial charge is 0.126 e. The second-order valence-corrected chi connectivity index (χ2v) is 11.0. The molecule has 0 N–H and O–H groups in total. The average molecular weight is 483 g/mol. The van der Waals surface area contributed by atoms with Gasteiger partial charge in [0.1, 0.15) is 18.3 Å². The molecule has 0 nitrogen and oxygen atoms in total. The number of halogens is 10. The average Bonchev–Trinajstić information content (AvgIpc) is 2.61. The zero-order valence-corrected chi connectivity index (χ0v) is 17.1. The molecule has 0 aromatic heterocycles. The van der Waals surface area contributed by atoms with E-state index in [0.717, 1.165) is 0 Å². The van der Waals surface area contributed by atoms with E-state index >= 15 is 0 Å². The molecule has 4 atom stereocenters. The van der Waals surface area contributed by atoms with Gasteiger partial charge in [0.2, 0.25) is 0 Å². The van der Waals surface area contributed by atoms with Gasteiger partial charge >= 0.3 is 0 Å². The number of hydrogen-bond acceptors (Lipinski definition) is 0. The van der Waals surface area contributed by atoms with Crippen LogP contribution in [0, 0.1) is 16.7 Å². The van der Waals surface area contributed by atoms with Gasteiger partial charge in [-0.25, -0.2) is 0 Å². The first kappa shape index (κ1) is 19.2. The first-order valence-electron chi connectivity index (χ1n) is 5.46. The number of hydrogen-bond donors (Lipinski definition) is 0. The lowest BCUT2D eigenvalue weighted by molar-refractivity contribution is 0.137. The molecule has 0 aromatic rings. The zero-order valence-electron chi connectivity index (χ0n) is 9.50. The highest BCUT2D eigenvalue weighted by atomic mass is 35.5. The van der Waals surface area contributed by atoms with Gasteiger partial charge in [-0.1, -0.05) is 23.2 Å². The Kier molecular flexibility index (Phi) is 5.50. The first-order chi connectivity index (χ1) is 8.94. The number of alkyl halides is 10. The van der Waals surface area contributed by atoms with Gasteiger partial charge in [-0.05, 0) is 6.42 Å². The molecule has 2 aliphatic carbocycles. The van der Waals surface area contributed by atoms with Gasteiger partial charge in [-0.15, -0.1) is 92.8 Å². The van der Waals surface area contributed by atoms with Crippen molar-refractivity contribution in [1.29, 1.82) is 0 Å². The Morgan fingerprint density at radius 1 is 0.950 bits per heavy atom. The molecule has 0 aromatic carbocycles. The molecule has 10 heteroatoms. The van der Waals surface area contributed by atoms with Crippen molar-refractivity contribution < 1.29 is 0 Å². The van der Waals surface area contributed by atoms with Crippen LogP contribution in [0.15, 0.2) is 0 Å². The lowest BCUT2D eigenvalue weighted by Gasteiger charge is -2.50. The molecule has 2 bridgehead atoms. The number of fused-ring (bicyclic) bond motifs is 2. The Balaban J connectivity index is 2.81. The minimum Gasteiger partial charge on any atom is -0.126 e. The van der Waals surface area contributed by atoms with Crippen LogP contribution in [-0.2, 0) is 0 Å². The SMILES string of the molecule is ClC[C@]1(C(Cl)Cl)[C@@H]2CC(Cl)(Cl)[C@@]1(C(Cl)Cl)[C@H](Cl)C2(Cl)Cl. The molecule has 0 saturated heterocycles. The molecule has 2 rings (SSSR count). The van der Waals surface area contributed by atoms with E-state index in [9.17, 15) is 0 Å². The van der Waals surface area contributed by atoms with Crippen LogP contribution in [0.2, 0.25) is 0 Å². The van der Waals surface area contributed by atoms with E-state index in [-0.39, 0.29) is 12.3 Å². The highest BCUT2D eigenvalue weighted by molar-refractivity contribution is 6.58. The van der Waals surface area contributed by atoms with E-state index in [1.165, 1.54) is 0 Å². The van der Waals surface area contributed by atoms with Crippen LogP contribution in [0.3, 0.4) is 0 Å². The van der Waals surface area contributed by atoms with Crippen molar-refractivity contribution in [2.45, 2.75) is 30.1 Å². The Labute approximate surface area is 167 Å². The Hall–Kier alpha value is 2.90. The molecule has 0 radical (unpaired) electrons. The minimum absolute atomic E-state index is 0.0309. The third-order valence-electron chi connectivity index (χ3n) is 4.61. The summed E-state index contributed by atoms with van der Waals surface area (Å²) in [5, 5.41) is -0.967. The van der Waals surface area contributed by atoms with Crippen molar-refractivity contribution in [2.24, 2.45) is 16.7 Å². The Morgan fingerprint density at radius 2 is 1.45 bits per heavy atom. The second kappa shape index (κ2) is 5.72. The molecule has 2 fully saturated rings. The van der Waals surface area contributed by atoms with Gasteiger partial charge in [0.25, 0.3) is 0 Å². The van der Waals surface area contributed by atoms with Gasteiger partial charge in [0.05, 0.1) is 10.8 Å². The van der Waals surface area contributed by atoms with Crippen LogP contribution < -0.4 is 0 Å². The molecule has 2 aliphatic rings. The van der Waals surface area contributed by atoms with Gasteiger partial charge in [0, 0.05) is 17.2 Å². The Bertz CT molecular complexity index is 407. The topological polar surface area (TPSA) is 0 Å². The predicted molar refractivity (Wildman–Crippen MR) is 93.2 cm³/mol. The van der Waals surface area contributed by atoms with Crippen LogP contribution in [-0.4, -0.2) is 29.6 Å². The highest BCUT2D eigenvalue weighted by Gasteiger charge is 2.87. The van der Waals surface area contributed by atoms with Gasteiger partial charge < -0.3 is 0 Å². The summed E-state index contributed by atoms with van der Waals surface area (Å²) in [4.78, 5) is -2.10. The van der Waals surface area contributed by atoms with Crippen LogP contribution in [0.1, 0.15) is 6.42 Å². The summed E-state index contributed by atoms with van der Waals surface area (Å²) in [6.45, 7) is 0. The van der Waals surface area contributed by atoms with E-state index in [2.05, 4.69) is 0 Å². The summed E-state index contributed by atoms with van der Waals surface area (Å²) in [6, 6.07) is 0. The number of rotatable bonds is 3. The largest absolute Gasteiger partial charge is 0.138 e. The van der Waals surface area contributed by atoms with Crippen LogP contribution in [0.25, 0.3) is 0 Å². The fraction of sp³-hybridized carbons (Fsp3) is 1.00. The van der Waals surface area contributed by atoms with E-state index in [4.69, 9.17) is 116 Å². The normalized spacial score (nSPS) is 45.6.